The highest BCUT2D eigenvalue weighted by atomic mass is 79.9. The molecule has 0 spiro atoms. The van der Waals surface area contributed by atoms with E-state index in [-0.39, 0.29) is 34.6 Å². The first-order chi connectivity index (χ1) is 17.4. The first kappa shape index (κ1) is 25.6. The molecule has 1 aliphatic heterocycles. The van der Waals surface area contributed by atoms with Crippen molar-refractivity contribution in [1.29, 1.82) is 0 Å². The van der Waals surface area contributed by atoms with Crippen LogP contribution in [0.2, 0.25) is 5.15 Å². The fourth-order valence-electron chi connectivity index (χ4n) is 4.29. The molecule has 0 bridgehead atoms. The number of alkyl halides is 3. The topological polar surface area (TPSA) is 120 Å². The maximum Gasteiger partial charge on any atom is 0.516 e. The van der Waals surface area contributed by atoms with E-state index in [1.165, 1.54) is 30.7 Å². The van der Waals surface area contributed by atoms with Gasteiger partial charge in [0.05, 0.1) is 24.8 Å². The number of para-hydroxylation sites is 1. The van der Waals surface area contributed by atoms with Crippen molar-refractivity contribution in [1.82, 2.24) is 9.55 Å². The number of carbonyl (C=O) groups is 1. The molecule has 0 unspecified atom stereocenters. The van der Waals surface area contributed by atoms with Crippen molar-refractivity contribution in [2.45, 2.75) is 30.8 Å². The third kappa shape index (κ3) is 4.48. The Kier molecular flexibility index (Phi) is 6.28. The molecule has 3 N–H and O–H groups in total. The summed E-state index contributed by atoms with van der Waals surface area (Å²) in [4.78, 5) is 16.6. The number of carbonyl (C=O) groups excluding carboxylic acids is 1. The van der Waals surface area contributed by atoms with E-state index < -0.39 is 21.4 Å². The largest absolute Gasteiger partial charge is 0.516 e. The van der Waals surface area contributed by atoms with Crippen LogP contribution in [-0.4, -0.2) is 29.4 Å². The molecule has 2 heterocycles. The van der Waals surface area contributed by atoms with Crippen LogP contribution in [0.1, 0.15) is 40.6 Å². The molecule has 37 heavy (non-hydrogen) atoms. The predicted octanol–water partition coefficient (Wildman–Crippen LogP) is 5.95. The summed E-state index contributed by atoms with van der Waals surface area (Å²) in [6, 6.07) is 7.37. The number of nitrogens with zero attached hydrogens (tertiary/aromatic N) is 2. The Hall–Kier alpha value is -3.03. The van der Waals surface area contributed by atoms with Gasteiger partial charge in [-0.05, 0) is 52.0 Å². The number of halogens is 5. The molecule has 2 aromatic rings. The summed E-state index contributed by atoms with van der Waals surface area (Å²) in [5.41, 5.74) is 2.20. The molecule has 2 aliphatic carbocycles. The van der Waals surface area contributed by atoms with Crippen LogP contribution in [0, 0.1) is 0 Å². The number of benzene rings is 1. The van der Waals surface area contributed by atoms with Gasteiger partial charge in [-0.15, -0.1) is 0 Å². The zero-order chi connectivity index (χ0) is 26.7. The van der Waals surface area contributed by atoms with E-state index in [0.717, 1.165) is 12.8 Å². The van der Waals surface area contributed by atoms with E-state index >= 15 is 0 Å². The average Bonchev–Trinajstić information content (AvgIpc) is 3.56. The molecule has 1 aromatic heterocycles. The zero-order valence-electron chi connectivity index (χ0n) is 18.6. The lowest BCUT2D eigenvalue weighted by Crippen LogP contribution is -2.30. The van der Waals surface area contributed by atoms with E-state index in [4.69, 9.17) is 21.8 Å². The molecule has 1 amide bonds. The molecular weight excluding hydrogens is 601 g/mol. The van der Waals surface area contributed by atoms with Crippen LogP contribution < -0.4 is 10.5 Å². The number of nitrogens with one attached hydrogen (secondary N) is 1. The minimum Gasteiger partial charge on any atom is -0.472 e. The van der Waals surface area contributed by atoms with E-state index in [0.29, 0.717) is 32.6 Å². The number of hydrogen-bond donors (Lipinski definition) is 2. The summed E-state index contributed by atoms with van der Waals surface area (Å²) in [5, 5.41) is -0.0424. The second-order valence-corrected chi connectivity index (χ2v) is 11.3. The number of nitrogens with two attached hydrogens (primary N) is 1. The lowest BCUT2D eigenvalue weighted by atomic mass is 10.0. The molecule has 1 aromatic carbocycles. The van der Waals surface area contributed by atoms with Gasteiger partial charge in [0, 0.05) is 27.1 Å². The summed E-state index contributed by atoms with van der Waals surface area (Å²) >= 11 is 9.78. The quantitative estimate of drug-likeness (QED) is 0.266. The van der Waals surface area contributed by atoms with Crippen molar-refractivity contribution in [2.75, 3.05) is 4.72 Å². The van der Waals surface area contributed by atoms with Gasteiger partial charge in [0.2, 0.25) is 0 Å². The van der Waals surface area contributed by atoms with Gasteiger partial charge in [-0.25, -0.2) is 4.98 Å². The standard InChI is InChI=1S/C23H17BrClF3N4O4S/c24-18-15-10-36-8-7-12(15)14(9-32-19(21(29)33)20(25)30-22(32)11-5-6-11)17(18)13-3-1-2-4-16(13)31-37(34,35)23(26,27)28/h1-4,7-8,10-11,31H,5-6,9H2,(H2,29,33). The summed E-state index contributed by atoms with van der Waals surface area (Å²) in [6.07, 6.45) is 4.58. The predicted molar refractivity (Wildman–Crippen MR) is 134 cm³/mol. The molecule has 14 heteroatoms. The summed E-state index contributed by atoms with van der Waals surface area (Å²) in [5.74, 6) is -0.129. The molecule has 8 nitrogen and oxygen atoms in total. The van der Waals surface area contributed by atoms with Gasteiger partial charge in [-0.3, -0.25) is 9.52 Å². The van der Waals surface area contributed by atoms with Gasteiger partial charge in [0.15, 0.2) is 5.15 Å². The first-order valence-electron chi connectivity index (χ1n) is 10.8. The Morgan fingerprint density at radius 2 is 1.92 bits per heavy atom. The van der Waals surface area contributed by atoms with Gasteiger partial charge in [-0.1, -0.05) is 29.8 Å². The number of anilines is 1. The molecule has 0 saturated heterocycles. The number of hydrogen-bond acceptors (Lipinski definition) is 5. The van der Waals surface area contributed by atoms with Gasteiger partial charge in [0.1, 0.15) is 11.5 Å². The zero-order valence-corrected chi connectivity index (χ0v) is 21.8. The Labute approximate surface area is 222 Å². The maximum absolute atomic E-state index is 13.2. The van der Waals surface area contributed by atoms with E-state index in [1.54, 1.807) is 21.4 Å². The van der Waals surface area contributed by atoms with Crippen molar-refractivity contribution in [3.05, 3.63) is 69.6 Å². The second kappa shape index (κ2) is 9.07. The maximum atomic E-state index is 13.2. The minimum absolute atomic E-state index is 0.00617. The summed E-state index contributed by atoms with van der Waals surface area (Å²) in [7, 11) is -5.70. The van der Waals surface area contributed by atoms with Crippen molar-refractivity contribution in [3.8, 4) is 22.3 Å². The van der Waals surface area contributed by atoms with Crippen LogP contribution in [0.5, 0.6) is 0 Å². The second-order valence-electron chi connectivity index (χ2n) is 8.48. The normalized spacial score (nSPS) is 14.3. The number of primary amides is 1. The molecule has 0 radical (unpaired) electrons. The lowest BCUT2D eigenvalue weighted by Gasteiger charge is -2.17. The highest BCUT2D eigenvalue weighted by Crippen LogP contribution is 2.49. The van der Waals surface area contributed by atoms with Gasteiger partial charge in [-0.2, -0.15) is 21.6 Å². The number of amides is 1. The Morgan fingerprint density at radius 3 is 2.57 bits per heavy atom. The monoisotopic (exact) mass is 616 g/mol. The van der Waals surface area contributed by atoms with E-state index in [2.05, 4.69) is 20.9 Å². The van der Waals surface area contributed by atoms with Crippen LogP contribution in [0.25, 0.3) is 22.3 Å². The van der Waals surface area contributed by atoms with Crippen LogP contribution in [0.4, 0.5) is 18.9 Å². The highest BCUT2D eigenvalue weighted by molar-refractivity contribution is 9.10. The summed E-state index contributed by atoms with van der Waals surface area (Å²) < 4.78 is 72.5. The number of rotatable bonds is 7. The number of imidazole rings is 1. The molecule has 3 aliphatic rings. The smallest absolute Gasteiger partial charge is 0.472 e. The average molecular weight is 618 g/mol. The molecule has 0 atom stereocenters. The van der Waals surface area contributed by atoms with Crippen LogP contribution in [-0.2, 0) is 16.6 Å². The Bertz CT molecular complexity index is 1610. The first-order valence-corrected chi connectivity index (χ1v) is 13.5. The fourth-order valence-corrected chi connectivity index (χ4v) is 5.91. The number of sulfonamides is 1. The SMILES string of the molecule is NC(=O)c1c(Cl)nc(C2CC2)n1Cc1c2ccocc-2c(Br)c1-c1ccccc1NS(=O)(=O)C(F)(F)F. The minimum atomic E-state index is -5.70. The van der Waals surface area contributed by atoms with Crippen LogP contribution in [0.3, 0.4) is 0 Å². The van der Waals surface area contributed by atoms with E-state index in [9.17, 15) is 26.4 Å². The van der Waals surface area contributed by atoms with Crippen molar-refractivity contribution < 1.29 is 30.8 Å². The van der Waals surface area contributed by atoms with Gasteiger partial charge >= 0.3 is 15.5 Å². The number of aromatic nitrogens is 2. The lowest BCUT2D eigenvalue weighted by molar-refractivity contribution is -0.0429. The molecule has 1 fully saturated rings. The summed E-state index contributed by atoms with van der Waals surface area (Å²) in [6.45, 7) is 0.0334. The highest BCUT2D eigenvalue weighted by Gasteiger charge is 2.46. The van der Waals surface area contributed by atoms with Crippen molar-refractivity contribution >= 4 is 49.1 Å². The number of fused-ring (bicyclic) bond motifs is 1. The van der Waals surface area contributed by atoms with Gasteiger partial charge < -0.3 is 14.7 Å². The third-order valence-electron chi connectivity index (χ3n) is 6.06. The van der Waals surface area contributed by atoms with Gasteiger partial charge in [0.25, 0.3) is 5.91 Å². The Morgan fingerprint density at radius 1 is 1.22 bits per heavy atom. The molecule has 5 rings (SSSR count). The van der Waals surface area contributed by atoms with Crippen molar-refractivity contribution in [2.24, 2.45) is 5.73 Å². The molecular formula is C23H17BrClF3N4O4S. The third-order valence-corrected chi connectivity index (χ3v) is 8.25. The van der Waals surface area contributed by atoms with E-state index in [1.807, 2.05) is 0 Å². The molecule has 1 saturated carbocycles. The van der Waals surface area contributed by atoms with Crippen molar-refractivity contribution in [3.63, 3.8) is 0 Å². The van der Waals surface area contributed by atoms with Crippen LogP contribution >= 0.6 is 27.5 Å². The Balaban J connectivity index is 1.74. The van der Waals surface area contributed by atoms with Crippen LogP contribution in [0.15, 0.2) is 51.7 Å². The fraction of sp³-hybridized carbons (Fsp3) is 0.217. The molecule has 194 valence electrons.